The minimum atomic E-state index is -0.165. The summed E-state index contributed by atoms with van der Waals surface area (Å²) in [6, 6.07) is 4.92. The van der Waals surface area contributed by atoms with Crippen LogP contribution in [0.3, 0.4) is 0 Å². The Kier molecular flexibility index (Phi) is 4.57. The third-order valence-electron chi connectivity index (χ3n) is 2.95. The van der Waals surface area contributed by atoms with E-state index in [0.29, 0.717) is 17.0 Å². The Morgan fingerprint density at radius 1 is 1.55 bits per heavy atom. The van der Waals surface area contributed by atoms with Crippen LogP contribution in [0.25, 0.3) is 0 Å². The zero-order chi connectivity index (χ0) is 14.5. The van der Waals surface area contributed by atoms with Crippen LogP contribution in [0.4, 0.5) is 5.69 Å². The molecule has 0 saturated heterocycles. The monoisotopic (exact) mass is 291 g/mol. The van der Waals surface area contributed by atoms with Gasteiger partial charge in [0.2, 0.25) is 0 Å². The fourth-order valence-corrected chi connectivity index (χ4v) is 2.63. The second-order valence-electron chi connectivity index (χ2n) is 4.26. The van der Waals surface area contributed by atoms with E-state index in [4.69, 9.17) is 10.5 Å². The van der Waals surface area contributed by atoms with E-state index in [2.05, 4.69) is 10.3 Å². The highest BCUT2D eigenvalue weighted by Gasteiger charge is 2.16. The summed E-state index contributed by atoms with van der Waals surface area (Å²) < 4.78 is 5.08. The first-order valence-corrected chi connectivity index (χ1v) is 7.17. The van der Waals surface area contributed by atoms with Crippen molar-refractivity contribution >= 4 is 22.9 Å². The lowest BCUT2D eigenvalue weighted by atomic mass is 10.1. The van der Waals surface area contributed by atoms with Gasteiger partial charge in [0.1, 0.15) is 10.8 Å². The molecule has 0 spiro atoms. The summed E-state index contributed by atoms with van der Waals surface area (Å²) in [6.45, 7) is 2.01. The van der Waals surface area contributed by atoms with E-state index in [1.807, 2.05) is 12.3 Å². The molecule has 0 aliphatic rings. The summed E-state index contributed by atoms with van der Waals surface area (Å²) in [5, 5.41) is 5.77. The maximum Gasteiger partial charge on any atom is 0.251 e. The number of nitrogens with zero attached hydrogens (tertiary/aromatic N) is 1. The third kappa shape index (κ3) is 3.08. The number of nitrogens with one attached hydrogen (secondary N) is 1. The van der Waals surface area contributed by atoms with E-state index in [9.17, 15) is 4.79 Å². The van der Waals surface area contributed by atoms with Gasteiger partial charge in [0.25, 0.3) is 5.91 Å². The minimum Gasteiger partial charge on any atom is -0.495 e. The minimum absolute atomic E-state index is 0.0779. The first-order valence-electron chi connectivity index (χ1n) is 6.29. The van der Waals surface area contributed by atoms with Gasteiger partial charge in [-0.15, -0.1) is 11.3 Å². The number of ether oxygens (including phenoxy) is 1. The van der Waals surface area contributed by atoms with Crippen LogP contribution in [0.2, 0.25) is 0 Å². The van der Waals surface area contributed by atoms with Crippen molar-refractivity contribution in [3.8, 4) is 5.75 Å². The fraction of sp³-hybridized carbons (Fsp3) is 0.286. The Bertz CT molecular complexity index is 584. The van der Waals surface area contributed by atoms with E-state index in [-0.39, 0.29) is 11.9 Å². The number of carbonyl (C=O) groups excluding carboxylic acids is 1. The summed E-state index contributed by atoms with van der Waals surface area (Å²) >= 11 is 1.53. The number of rotatable bonds is 5. The lowest BCUT2D eigenvalue weighted by Crippen LogP contribution is -2.28. The average molecular weight is 291 g/mol. The smallest absolute Gasteiger partial charge is 0.251 e. The predicted octanol–water partition coefficient (Wildman–Crippen LogP) is 2.62. The molecule has 2 rings (SSSR count). The van der Waals surface area contributed by atoms with Gasteiger partial charge in [-0.05, 0) is 24.6 Å². The molecular weight excluding hydrogens is 274 g/mol. The number of nitrogen functional groups attached to an aromatic ring is 1. The van der Waals surface area contributed by atoms with Gasteiger partial charge in [0.15, 0.2) is 0 Å². The lowest BCUT2D eigenvalue weighted by molar-refractivity contribution is 0.0935. The predicted molar refractivity (Wildman–Crippen MR) is 80.0 cm³/mol. The maximum absolute atomic E-state index is 12.2. The molecule has 3 N–H and O–H groups in total. The summed E-state index contributed by atoms with van der Waals surface area (Å²) in [5.41, 5.74) is 6.77. The quantitative estimate of drug-likeness (QED) is 0.830. The molecule has 20 heavy (non-hydrogen) atoms. The number of aromatic nitrogens is 1. The SMILES string of the molecule is CCC(NC(=O)c1ccc(OC)c(N)c1)c1nccs1. The van der Waals surface area contributed by atoms with Gasteiger partial charge in [-0.3, -0.25) is 4.79 Å². The molecule has 1 heterocycles. The topological polar surface area (TPSA) is 77.2 Å². The first-order chi connectivity index (χ1) is 9.65. The van der Waals surface area contributed by atoms with Crippen LogP contribution in [-0.2, 0) is 0 Å². The molecule has 106 valence electrons. The van der Waals surface area contributed by atoms with E-state index in [1.54, 1.807) is 31.5 Å². The molecule has 1 aromatic heterocycles. The van der Waals surface area contributed by atoms with Crippen LogP contribution in [0.15, 0.2) is 29.8 Å². The van der Waals surface area contributed by atoms with Crippen LogP contribution in [0.5, 0.6) is 5.75 Å². The number of hydrogen-bond acceptors (Lipinski definition) is 5. The highest BCUT2D eigenvalue weighted by Crippen LogP contribution is 2.23. The maximum atomic E-state index is 12.2. The Morgan fingerprint density at radius 3 is 2.90 bits per heavy atom. The molecule has 1 aromatic carbocycles. The summed E-state index contributed by atoms with van der Waals surface area (Å²) in [5.74, 6) is 0.398. The number of amides is 1. The van der Waals surface area contributed by atoms with E-state index in [1.165, 1.54) is 11.3 Å². The number of carbonyl (C=O) groups is 1. The zero-order valence-corrected chi connectivity index (χ0v) is 12.2. The van der Waals surface area contributed by atoms with Gasteiger partial charge in [0, 0.05) is 17.1 Å². The van der Waals surface area contributed by atoms with Crippen molar-refractivity contribution in [3.05, 3.63) is 40.3 Å². The number of methoxy groups -OCH3 is 1. The van der Waals surface area contributed by atoms with Crippen molar-refractivity contribution in [2.24, 2.45) is 0 Å². The molecule has 0 bridgehead atoms. The van der Waals surface area contributed by atoms with Gasteiger partial charge in [-0.1, -0.05) is 6.92 Å². The van der Waals surface area contributed by atoms with Crippen molar-refractivity contribution in [2.45, 2.75) is 19.4 Å². The second kappa shape index (κ2) is 6.38. The normalized spacial score (nSPS) is 11.9. The molecule has 1 unspecified atom stereocenters. The standard InChI is InChI=1S/C14H17N3O2S/c1-3-11(14-16-6-7-20-14)17-13(18)9-4-5-12(19-2)10(15)8-9/h4-8,11H,3,15H2,1-2H3,(H,17,18). The molecular formula is C14H17N3O2S. The molecule has 6 heteroatoms. The van der Waals surface area contributed by atoms with Crippen molar-refractivity contribution in [1.29, 1.82) is 0 Å². The van der Waals surface area contributed by atoms with Crippen LogP contribution in [0.1, 0.15) is 34.8 Å². The molecule has 1 amide bonds. The molecule has 0 aliphatic heterocycles. The largest absolute Gasteiger partial charge is 0.495 e. The Labute approximate surface area is 121 Å². The van der Waals surface area contributed by atoms with Gasteiger partial charge in [-0.2, -0.15) is 0 Å². The number of benzene rings is 1. The van der Waals surface area contributed by atoms with Crippen LogP contribution in [-0.4, -0.2) is 18.0 Å². The van der Waals surface area contributed by atoms with Gasteiger partial charge in [0.05, 0.1) is 18.8 Å². The average Bonchev–Trinajstić information content (AvgIpc) is 2.98. The number of anilines is 1. The number of nitrogens with two attached hydrogens (primary N) is 1. The Morgan fingerprint density at radius 2 is 2.35 bits per heavy atom. The van der Waals surface area contributed by atoms with E-state index < -0.39 is 0 Å². The van der Waals surface area contributed by atoms with Crippen molar-refractivity contribution in [3.63, 3.8) is 0 Å². The molecule has 5 nitrogen and oxygen atoms in total. The van der Waals surface area contributed by atoms with Gasteiger partial charge >= 0.3 is 0 Å². The number of thiazole rings is 1. The highest BCUT2D eigenvalue weighted by atomic mass is 32.1. The molecule has 2 aromatic rings. The summed E-state index contributed by atoms with van der Waals surface area (Å²) in [4.78, 5) is 16.5. The number of hydrogen-bond donors (Lipinski definition) is 2. The van der Waals surface area contributed by atoms with Crippen LogP contribution in [0, 0.1) is 0 Å². The van der Waals surface area contributed by atoms with Gasteiger partial charge in [-0.25, -0.2) is 4.98 Å². The van der Waals surface area contributed by atoms with E-state index in [0.717, 1.165) is 11.4 Å². The lowest BCUT2D eigenvalue weighted by Gasteiger charge is -2.15. The fourth-order valence-electron chi connectivity index (χ4n) is 1.86. The summed E-state index contributed by atoms with van der Waals surface area (Å²) in [6.07, 6.45) is 2.52. The van der Waals surface area contributed by atoms with Crippen LogP contribution < -0.4 is 15.8 Å². The van der Waals surface area contributed by atoms with Crippen molar-refractivity contribution < 1.29 is 9.53 Å². The van der Waals surface area contributed by atoms with Gasteiger partial charge < -0.3 is 15.8 Å². The Hall–Kier alpha value is -2.08. The third-order valence-corrected chi connectivity index (χ3v) is 3.84. The first kappa shape index (κ1) is 14.3. The molecule has 0 radical (unpaired) electrons. The van der Waals surface area contributed by atoms with Crippen molar-refractivity contribution in [2.75, 3.05) is 12.8 Å². The molecule has 0 aliphatic carbocycles. The summed E-state index contributed by atoms with van der Waals surface area (Å²) in [7, 11) is 1.54. The molecule has 0 saturated carbocycles. The molecule has 1 atom stereocenters. The Balaban J connectivity index is 2.13. The van der Waals surface area contributed by atoms with Crippen LogP contribution >= 0.6 is 11.3 Å². The van der Waals surface area contributed by atoms with Crippen molar-refractivity contribution in [1.82, 2.24) is 10.3 Å². The zero-order valence-electron chi connectivity index (χ0n) is 11.4. The van der Waals surface area contributed by atoms with E-state index >= 15 is 0 Å². The highest BCUT2D eigenvalue weighted by molar-refractivity contribution is 7.09. The molecule has 0 fully saturated rings. The second-order valence-corrected chi connectivity index (χ2v) is 5.19.